The molecule has 2 aromatic carbocycles. The second-order valence-corrected chi connectivity index (χ2v) is 5.18. The third-order valence-corrected chi connectivity index (χ3v) is 3.44. The van der Waals surface area contributed by atoms with Crippen LogP contribution in [0.5, 0.6) is 0 Å². The van der Waals surface area contributed by atoms with Crippen LogP contribution in [0, 0.1) is 11.3 Å². The summed E-state index contributed by atoms with van der Waals surface area (Å²) in [6.45, 7) is 0. The van der Waals surface area contributed by atoms with Crippen molar-refractivity contribution in [1.29, 1.82) is 5.26 Å². The molecule has 5 nitrogen and oxygen atoms in total. The number of anilines is 2. The van der Waals surface area contributed by atoms with Crippen LogP contribution in [0.1, 0.15) is 5.56 Å². The van der Waals surface area contributed by atoms with Crippen LogP contribution >= 0.6 is 11.6 Å². The number of halogens is 1. The molecule has 6 heteroatoms. The maximum absolute atomic E-state index is 12.1. The fourth-order valence-electron chi connectivity index (χ4n) is 2.07. The highest BCUT2D eigenvalue weighted by Gasteiger charge is 2.12. The zero-order chi connectivity index (χ0) is 16.2. The molecule has 1 aromatic heterocycles. The number of benzene rings is 2. The molecular weight excluding hydrogens is 312 g/mol. The molecule has 0 fully saturated rings. The summed E-state index contributed by atoms with van der Waals surface area (Å²) in [5.74, 6) is 0.600. The lowest BCUT2D eigenvalue weighted by Gasteiger charge is -2.09. The quantitative estimate of drug-likeness (QED) is 0.770. The fraction of sp³-hybridized carbons (Fsp3) is 0. The van der Waals surface area contributed by atoms with Gasteiger partial charge in [0.2, 0.25) is 0 Å². The Kier molecular flexibility index (Phi) is 4.09. The summed E-state index contributed by atoms with van der Waals surface area (Å²) in [6.07, 6.45) is 0. The van der Waals surface area contributed by atoms with Gasteiger partial charge < -0.3 is 10.3 Å². The Morgan fingerprint density at radius 1 is 1.09 bits per heavy atom. The molecule has 0 atom stereocenters. The van der Waals surface area contributed by atoms with Gasteiger partial charge in [-0.05, 0) is 24.3 Å². The molecule has 3 rings (SSSR count). The summed E-state index contributed by atoms with van der Waals surface area (Å²) < 4.78 is 0. The SMILES string of the molecule is N#Cc1c(Nc2ccc(Cl)cc2)nc(-c2ccccc2)[nH]c1=O. The molecule has 0 spiro atoms. The second kappa shape index (κ2) is 6.34. The maximum Gasteiger partial charge on any atom is 0.271 e. The van der Waals surface area contributed by atoms with E-state index in [0.717, 1.165) is 5.56 Å². The van der Waals surface area contributed by atoms with Gasteiger partial charge in [-0.3, -0.25) is 4.79 Å². The summed E-state index contributed by atoms with van der Waals surface area (Å²) >= 11 is 5.85. The molecule has 0 amide bonds. The zero-order valence-electron chi connectivity index (χ0n) is 11.9. The fourth-order valence-corrected chi connectivity index (χ4v) is 2.20. The van der Waals surface area contributed by atoms with Gasteiger partial charge in [0.15, 0.2) is 11.4 Å². The molecule has 3 aromatic rings. The van der Waals surface area contributed by atoms with Gasteiger partial charge >= 0.3 is 0 Å². The highest BCUT2D eigenvalue weighted by atomic mass is 35.5. The van der Waals surface area contributed by atoms with Crippen LogP contribution in [0.15, 0.2) is 59.4 Å². The molecule has 2 N–H and O–H groups in total. The van der Waals surface area contributed by atoms with Crippen LogP contribution < -0.4 is 10.9 Å². The van der Waals surface area contributed by atoms with Gasteiger partial charge in [-0.15, -0.1) is 0 Å². The summed E-state index contributed by atoms with van der Waals surface area (Å²) in [4.78, 5) is 19.1. The van der Waals surface area contributed by atoms with E-state index in [1.54, 1.807) is 24.3 Å². The van der Waals surface area contributed by atoms with Crippen LogP contribution in [0.2, 0.25) is 5.02 Å². The molecule has 0 unspecified atom stereocenters. The summed E-state index contributed by atoms with van der Waals surface area (Å²) in [5, 5.41) is 12.8. The normalized spacial score (nSPS) is 10.1. The van der Waals surface area contributed by atoms with Crippen molar-refractivity contribution in [2.45, 2.75) is 0 Å². The predicted octanol–water partition coefficient (Wildman–Crippen LogP) is 3.71. The Morgan fingerprint density at radius 3 is 2.43 bits per heavy atom. The third kappa shape index (κ3) is 3.23. The van der Waals surface area contributed by atoms with Crippen LogP contribution in [0.4, 0.5) is 11.5 Å². The average Bonchev–Trinajstić information content (AvgIpc) is 2.57. The van der Waals surface area contributed by atoms with Crippen LogP contribution in [0.3, 0.4) is 0 Å². The van der Waals surface area contributed by atoms with Crippen molar-refractivity contribution in [3.05, 3.63) is 75.5 Å². The molecule has 0 saturated carbocycles. The van der Waals surface area contributed by atoms with E-state index < -0.39 is 5.56 Å². The second-order valence-electron chi connectivity index (χ2n) is 4.75. The number of aromatic nitrogens is 2. The largest absolute Gasteiger partial charge is 0.339 e. The van der Waals surface area contributed by atoms with E-state index >= 15 is 0 Å². The Bertz CT molecular complexity index is 928. The number of aromatic amines is 1. The molecule has 0 saturated heterocycles. The average molecular weight is 323 g/mol. The van der Waals surface area contributed by atoms with Gasteiger partial charge in [-0.25, -0.2) is 4.98 Å². The van der Waals surface area contributed by atoms with Crippen molar-refractivity contribution in [2.24, 2.45) is 0 Å². The summed E-state index contributed by atoms with van der Waals surface area (Å²) in [7, 11) is 0. The molecule has 0 radical (unpaired) electrons. The lowest BCUT2D eigenvalue weighted by Crippen LogP contribution is -2.16. The highest BCUT2D eigenvalue weighted by molar-refractivity contribution is 6.30. The molecule has 0 bridgehead atoms. The van der Waals surface area contributed by atoms with Crippen molar-refractivity contribution < 1.29 is 0 Å². The third-order valence-electron chi connectivity index (χ3n) is 3.19. The number of H-pyrrole nitrogens is 1. The van der Waals surface area contributed by atoms with Gasteiger partial charge in [0.25, 0.3) is 5.56 Å². The first-order valence-corrected chi connectivity index (χ1v) is 7.17. The molecule has 23 heavy (non-hydrogen) atoms. The first-order chi connectivity index (χ1) is 11.2. The number of nitrogens with one attached hydrogen (secondary N) is 2. The smallest absolute Gasteiger partial charge is 0.271 e. The molecule has 0 aliphatic carbocycles. The first kappa shape index (κ1) is 14.8. The number of hydrogen-bond acceptors (Lipinski definition) is 4. The van der Waals surface area contributed by atoms with Crippen LogP contribution in [-0.4, -0.2) is 9.97 Å². The summed E-state index contributed by atoms with van der Waals surface area (Å²) in [6, 6.07) is 18.0. The molecule has 0 aliphatic rings. The van der Waals surface area contributed by atoms with Gasteiger partial charge in [0.1, 0.15) is 11.9 Å². The van der Waals surface area contributed by atoms with Gasteiger partial charge in [0, 0.05) is 16.3 Å². The number of rotatable bonds is 3. The maximum atomic E-state index is 12.1. The Hall–Kier alpha value is -3.10. The van der Waals surface area contributed by atoms with E-state index in [-0.39, 0.29) is 11.4 Å². The molecule has 112 valence electrons. The minimum Gasteiger partial charge on any atom is -0.339 e. The number of nitrogens with zero attached hydrogens (tertiary/aromatic N) is 2. The molecule has 1 heterocycles. The van der Waals surface area contributed by atoms with E-state index in [1.807, 2.05) is 36.4 Å². The standard InChI is InChI=1S/C17H11ClN4O/c18-12-6-8-13(9-7-12)20-16-14(10-19)17(23)22-15(21-16)11-4-2-1-3-5-11/h1-9H,(H2,20,21,22,23). The monoisotopic (exact) mass is 322 g/mol. The minimum atomic E-state index is -0.488. The van der Waals surface area contributed by atoms with Crippen molar-refractivity contribution in [2.75, 3.05) is 5.32 Å². The first-order valence-electron chi connectivity index (χ1n) is 6.80. The van der Waals surface area contributed by atoms with Gasteiger partial charge in [-0.1, -0.05) is 41.9 Å². The lowest BCUT2D eigenvalue weighted by atomic mass is 10.2. The van der Waals surface area contributed by atoms with Crippen LogP contribution in [0.25, 0.3) is 11.4 Å². The number of nitriles is 1. The Morgan fingerprint density at radius 2 is 1.78 bits per heavy atom. The van der Waals surface area contributed by atoms with Gasteiger partial charge in [-0.2, -0.15) is 5.26 Å². The van der Waals surface area contributed by atoms with E-state index in [4.69, 9.17) is 11.6 Å². The molecular formula is C17H11ClN4O. The van der Waals surface area contributed by atoms with E-state index in [9.17, 15) is 10.1 Å². The van der Waals surface area contributed by atoms with Crippen molar-refractivity contribution >= 4 is 23.1 Å². The predicted molar refractivity (Wildman–Crippen MR) is 89.7 cm³/mol. The van der Waals surface area contributed by atoms with E-state index in [2.05, 4.69) is 15.3 Å². The van der Waals surface area contributed by atoms with E-state index in [1.165, 1.54) is 0 Å². The van der Waals surface area contributed by atoms with E-state index in [0.29, 0.717) is 16.5 Å². The zero-order valence-corrected chi connectivity index (χ0v) is 12.6. The Balaban J connectivity index is 2.07. The van der Waals surface area contributed by atoms with Crippen molar-refractivity contribution in [1.82, 2.24) is 9.97 Å². The summed E-state index contributed by atoms with van der Waals surface area (Å²) in [5.41, 5.74) is 0.883. The van der Waals surface area contributed by atoms with Crippen molar-refractivity contribution in [3.8, 4) is 17.5 Å². The lowest BCUT2D eigenvalue weighted by molar-refractivity contribution is 1.11. The van der Waals surface area contributed by atoms with Gasteiger partial charge in [0.05, 0.1) is 0 Å². The topological polar surface area (TPSA) is 81.6 Å². The van der Waals surface area contributed by atoms with Crippen molar-refractivity contribution in [3.63, 3.8) is 0 Å². The minimum absolute atomic E-state index is 0.0698. The number of hydrogen-bond donors (Lipinski definition) is 2. The highest BCUT2D eigenvalue weighted by Crippen LogP contribution is 2.21. The molecule has 0 aliphatic heterocycles. The van der Waals surface area contributed by atoms with Crippen LogP contribution in [-0.2, 0) is 0 Å². The Labute approximate surface area is 137 Å².